The highest BCUT2D eigenvalue weighted by atomic mass is 16.6. The summed E-state index contributed by atoms with van der Waals surface area (Å²) >= 11 is 0. The molecule has 0 spiro atoms. The lowest BCUT2D eigenvalue weighted by Crippen LogP contribution is -2.43. The summed E-state index contributed by atoms with van der Waals surface area (Å²) < 4.78 is 5.21. The molecule has 0 radical (unpaired) electrons. The van der Waals surface area contributed by atoms with Crippen LogP contribution in [0.3, 0.4) is 0 Å². The second-order valence-corrected chi connectivity index (χ2v) is 6.79. The molecule has 0 fully saturated rings. The van der Waals surface area contributed by atoms with Crippen molar-refractivity contribution in [1.29, 1.82) is 0 Å². The fraction of sp³-hybridized carbons (Fsp3) is 0.786. The van der Waals surface area contributed by atoms with Crippen molar-refractivity contribution in [2.24, 2.45) is 5.41 Å². The summed E-state index contributed by atoms with van der Waals surface area (Å²) in [7, 11) is 0. The lowest BCUT2D eigenvalue weighted by molar-refractivity contribution is -0.0201. The summed E-state index contributed by atoms with van der Waals surface area (Å²) in [6.07, 6.45) is 4.14. The van der Waals surface area contributed by atoms with Gasteiger partial charge in [0.1, 0.15) is 5.60 Å². The SMILES string of the molecule is CC(C)(C)OC(=O)N[C@@H]1C=C[C@](C)(C(C)(C)O)C1. The van der Waals surface area contributed by atoms with Gasteiger partial charge in [0.15, 0.2) is 0 Å². The fourth-order valence-electron chi connectivity index (χ4n) is 1.93. The third kappa shape index (κ3) is 3.73. The van der Waals surface area contributed by atoms with Crippen molar-refractivity contribution in [2.45, 2.75) is 65.2 Å². The molecule has 0 saturated heterocycles. The van der Waals surface area contributed by atoms with Crippen molar-refractivity contribution in [3.8, 4) is 0 Å². The molecule has 1 aliphatic carbocycles. The zero-order chi connectivity index (χ0) is 14.2. The van der Waals surface area contributed by atoms with Crippen molar-refractivity contribution < 1.29 is 14.6 Å². The van der Waals surface area contributed by atoms with Crippen LogP contribution in [0.4, 0.5) is 4.79 Å². The lowest BCUT2D eigenvalue weighted by Gasteiger charge is -2.36. The van der Waals surface area contributed by atoms with Crippen molar-refractivity contribution in [2.75, 3.05) is 0 Å². The molecule has 0 heterocycles. The molecular weight excluding hydrogens is 230 g/mol. The van der Waals surface area contributed by atoms with E-state index in [0.717, 1.165) is 0 Å². The van der Waals surface area contributed by atoms with Gasteiger partial charge in [-0.15, -0.1) is 0 Å². The Morgan fingerprint density at radius 1 is 1.39 bits per heavy atom. The van der Waals surface area contributed by atoms with Crippen LogP contribution in [0.25, 0.3) is 0 Å². The summed E-state index contributed by atoms with van der Waals surface area (Å²) in [5.74, 6) is 0. The van der Waals surface area contributed by atoms with Crippen LogP contribution in [0, 0.1) is 5.41 Å². The fourth-order valence-corrected chi connectivity index (χ4v) is 1.93. The molecule has 18 heavy (non-hydrogen) atoms. The monoisotopic (exact) mass is 255 g/mol. The second kappa shape index (κ2) is 4.57. The molecule has 2 N–H and O–H groups in total. The van der Waals surface area contributed by atoms with E-state index in [1.165, 1.54) is 0 Å². The Labute approximate surface area is 109 Å². The largest absolute Gasteiger partial charge is 0.444 e. The number of hydrogen-bond donors (Lipinski definition) is 2. The molecule has 0 aliphatic heterocycles. The Morgan fingerprint density at radius 2 is 1.94 bits per heavy atom. The van der Waals surface area contributed by atoms with Crippen molar-refractivity contribution >= 4 is 6.09 Å². The molecule has 4 nitrogen and oxygen atoms in total. The van der Waals surface area contributed by atoms with Gasteiger partial charge in [0, 0.05) is 5.41 Å². The van der Waals surface area contributed by atoms with Crippen molar-refractivity contribution in [3.63, 3.8) is 0 Å². The highest BCUT2D eigenvalue weighted by molar-refractivity contribution is 5.68. The highest BCUT2D eigenvalue weighted by Gasteiger charge is 2.42. The Kier molecular flexibility index (Phi) is 3.82. The normalized spacial score (nSPS) is 28.3. The van der Waals surface area contributed by atoms with Crippen molar-refractivity contribution in [3.05, 3.63) is 12.2 Å². The van der Waals surface area contributed by atoms with E-state index in [-0.39, 0.29) is 11.5 Å². The van der Waals surface area contributed by atoms with Gasteiger partial charge in [-0.1, -0.05) is 19.1 Å². The second-order valence-electron chi connectivity index (χ2n) is 6.79. The first kappa shape index (κ1) is 15.0. The van der Waals surface area contributed by atoms with E-state index >= 15 is 0 Å². The Morgan fingerprint density at radius 3 is 2.33 bits per heavy atom. The first-order chi connectivity index (χ1) is 7.93. The maximum atomic E-state index is 11.6. The van der Waals surface area contributed by atoms with Gasteiger partial charge < -0.3 is 15.2 Å². The van der Waals surface area contributed by atoms with Crippen LogP contribution in [0.5, 0.6) is 0 Å². The third-order valence-corrected chi connectivity index (χ3v) is 3.44. The number of rotatable bonds is 2. The molecule has 0 bridgehead atoms. The number of hydrogen-bond acceptors (Lipinski definition) is 3. The molecule has 0 unspecified atom stereocenters. The molecule has 104 valence electrons. The minimum Gasteiger partial charge on any atom is -0.444 e. The maximum absolute atomic E-state index is 11.6. The number of ether oxygens (including phenoxy) is 1. The molecule has 1 rings (SSSR count). The molecule has 1 aliphatic rings. The molecule has 2 atom stereocenters. The number of nitrogens with one attached hydrogen (secondary N) is 1. The van der Waals surface area contributed by atoms with E-state index < -0.39 is 17.3 Å². The van der Waals surface area contributed by atoms with Crippen LogP contribution in [-0.4, -0.2) is 28.4 Å². The molecule has 0 saturated carbocycles. The Hall–Kier alpha value is -1.03. The van der Waals surface area contributed by atoms with Gasteiger partial charge in [0.2, 0.25) is 0 Å². The molecule has 0 aromatic rings. The van der Waals surface area contributed by atoms with Gasteiger partial charge in [-0.3, -0.25) is 0 Å². The predicted octanol–water partition coefficient (Wildman–Crippen LogP) is 2.62. The van der Waals surface area contributed by atoms with Crippen LogP contribution >= 0.6 is 0 Å². The maximum Gasteiger partial charge on any atom is 0.408 e. The summed E-state index contributed by atoms with van der Waals surface area (Å²) in [4.78, 5) is 11.6. The van der Waals surface area contributed by atoms with E-state index in [1.807, 2.05) is 39.8 Å². The first-order valence-corrected chi connectivity index (χ1v) is 6.34. The van der Waals surface area contributed by atoms with E-state index in [4.69, 9.17) is 4.74 Å². The van der Waals surface area contributed by atoms with Crippen LogP contribution in [0.1, 0.15) is 48.0 Å². The number of alkyl carbamates (subject to hydrolysis) is 1. The zero-order valence-corrected chi connectivity index (χ0v) is 12.2. The highest BCUT2D eigenvalue weighted by Crippen LogP contribution is 2.41. The molecular formula is C14H25NO3. The number of carbonyl (C=O) groups excluding carboxylic acids is 1. The number of aliphatic hydroxyl groups is 1. The number of amides is 1. The van der Waals surface area contributed by atoms with Gasteiger partial charge in [-0.2, -0.15) is 0 Å². The van der Waals surface area contributed by atoms with Crippen LogP contribution in [0.15, 0.2) is 12.2 Å². The molecule has 0 aromatic heterocycles. The first-order valence-electron chi connectivity index (χ1n) is 6.34. The average molecular weight is 255 g/mol. The third-order valence-electron chi connectivity index (χ3n) is 3.44. The van der Waals surface area contributed by atoms with Crippen molar-refractivity contribution in [1.82, 2.24) is 5.32 Å². The lowest BCUT2D eigenvalue weighted by atomic mass is 9.75. The number of carbonyl (C=O) groups is 1. The standard InChI is InChI=1S/C14H25NO3/c1-12(2,3)18-11(16)15-10-7-8-14(6,9-10)13(4,5)17/h7-8,10,17H,9H2,1-6H3,(H,15,16)/t10-,14+/m1/s1. The molecule has 1 amide bonds. The van der Waals surface area contributed by atoms with Gasteiger partial charge in [-0.25, -0.2) is 4.79 Å². The average Bonchev–Trinajstić information content (AvgIpc) is 2.43. The predicted molar refractivity (Wildman–Crippen MR) is 71.3 cm³/mol. The van der Waals surface area contributed by atoms with E-state index in [1.54, 1.807) is 13.8 Å². The van der Waals surface area contributed by atoms with Gasteiger partial charge in [-0.05, 0) is 41.0 Å². The topological polar surface area (TPSA) is 58.6 Å². The smallest absolute Gasteiger partial charge is 0.408 e. The van der Waals surface area contributed by atoms with Gasteiger partial charge >= 0.3 is 6.09 Å². The minimum atomic E-state index is -0.812. The summed E-state index contributed by atoms with van der Waals surface area (Å²) in [6.45, 7) is 11.1. The Balaban J connectivity index is 2.55. The minimum absolute atomic E-state index is 0.0868. The van der Waals surface area contributed by atoms with Crippen LogP contribution < -0.4 is 5.32 Å². The Bertz CT molecular complexity index is 349. The van der Waals surface area contributed by atoms with Gasteiger partial charge in [0.25, 0.3) is 0 Å². The van der Waals surface area contributed by atoms with E-state index in [2.05, 4.69) is 5.32 Å². The van der Waals surface area contributed by atoms with Crippen LogP contribution in [0.2, 0.25) is 0 Å². The molecule has 4 heteroatoms. The quantitative estimate of drug-likeness (QED) is 0.746. The van der Waals surface area contributed by atoms with E-state index in [9.17, 15) is 9.90 Å². The summed E-state index contributed by atoms with van der Waals surface area (Å²) in [5.41, 5.74) is -1.63. The van der Waals surface area contributed by atoms with Crippen LogP contribution in [-0.2, 0) is 4.74 Å². The molecule has 0 aromatic carbocycles. The summed E-state index contributed by atoms with van der Waals surface area (Å²) in [5, 5.41) is 12.9. The van der Waals surface area contributed by atoms with Gasteiger partial charge in [0.05, 0.1) is 11.6 Å². The summed E-state index contributed by atoms with van der Waals surface area (Å²) in [6, 6.07) is -0.0868. The zero-order valence-electron chi connectivity index (χ0n) is 12.2. The van der Waals surface area contributed by atoms with E-state index in [0.29, 0.717) is 6.42 Å².